The Bertz CT molecular complexity index is 961. The number of hydrogen-bond donors (Lipinski definition) is 2. The van der Waals surface area contributed by atoms with E-state index >= 15 is 0 Å². The van der Waals surface area contributed by atoms with Crippen LogP contribution < -0.4 is 10.5 Å². The van der Waals surface area contributed by atoms with Crippen molar-refractivity contribution in [3.63, 3.8) is 0 Å². The lowest BCUT2D eigenvalue weighted by atomic mass is 10.0. The lowest BCUT2D eigenvalue weighted by Gasteiger charge is -2.11. The largest absolute Gasteiger partial charge is 0.487 e. The third kappa shape index (κ3) is 3.92. The van der Waals surface area contributed by atoms with Crippen molar-refractivity contribution in [1.82, 2.24) is 4.98 Å². The van der Waals surface area contributed by atoms with Crippen molar-refractivity contribution >= 4 is 23.4 Å². The molecule has 0 radical (unpaired) electrons. The van der Waals surface area contributed by atoms with Crippen LogP contribution in [0.2, 0.25) is 5.02 Å². The Balaban J connectivity index is 1.82. The maximum atomic E-state index is 13.1. The van der Waals surface area contributed by atoms with E-state index in [1.807, 2.05) is 0 Å². The molecule has 0 aliphatic rings. The minimum atomic E-state index is -1.00. The fourth-order valence-electron chi connectivity index (χ4n) is 2.36. The molecule has 0 spiro atoms. The van der Waals surface area contributed by atoms with Gasteiger partial charge in [-0.25, -0.2) is 14.2 Å². The molecular weight excluding hydrogens is 359 g/mol. The van der Waals surface area contributed by atoms with E-state index in [1.165, 1.54) is 30.5 Å². The van der Waals surface area contributed by atoms with E-state index in [9.17, 15) is 9.18 Å². The number of nitrogen functional groups attached to an aromatic ring is 1. The molecular formula is C19H14ClFN2O3. The van der Waals surface area contributed by atoms with E-state index in [1.54, 1.807) is 24.3 Å². The Hall–Kier alpha value is -3.12. The Morgan fingerprint density at radius 3 is 2.58 bits per heavy atom. The highest BCUT2D eigenvalue weighted by Gasteiger charge is 2.09. The molecule has 3 aromatic rings. The first-order chi connectivity index (χ1) is 12.4. The SMILES string of the molecule is Nc1ncc(OCc2ccc(F)cc2Cl)cc1-c1ccc(C(=O)O)cc1. The average molecular weight is 373 g/mol. The van der Waals surface area contributed by atoms with E-state index < -0.39 is 11.8 Å². The fourth-order valence-corrected chi connectivity index (χ4v) is 2.58. The number of anilines is 1. The maximum absolute atomic E-state index is 13.1. The summed E-state index contributed by atoms with van der Waals surface area (Å²) >= 11 is 5.98. The summed E-state index contributed by atoms with van der Waals surface area (Å²) in [7, 11) is 0. The van der Waals surface area contributed by atoms with Crippen LogP contribution in [0.1, 0.15) is 15.9 Å². The molecule has 1 heterocycles. The van der Waals surface area contributed by atoms with Gasteiger partial charge in [-0.05, 0) is 35.9 Å². The Morgan fingerprint density at radius 2 is 1.92 bits per heavy atom. The number of benzene rings is 2. The predicted molar refractivity (Wildman–Crippen MR) is 96.8 cm³/mol. The molecule has 0 saturated heterocycles. The van der Waals surface area contributed by atoms with E-state index in [0.29, 0.717) is 28.3 Å². The third-order valence-electron chi connectivity index (χ3n) is 3.75. The van der Waals surface area contributed by atoms with Gasteiger partial charge in [0.15, 0.2) is 0 Å². The molecule has 3 N–H and O–H groups in total. The number of carboxylic acids is 1. The van der Waals surface area contributed by atoms with Gasteiger partial charge >= 0.3 is 5.97 Å². The zero-order valence-corrected chi connectivity index (χ0v) is 14.2. The number of carboxylic acid groups (broad SMARTS) is 1. The van der Waals surface area contributed by atoms with Crippen molar-refractivity contribution in [3.05, 3.63) is 76.7 Å². The molecule has 0 aliphatic carbocycles. The summed E-state index contributed by atoms with van der Waals surface area (Å²) in [5.41, 5.74) is 8.07. The van der Waals surface area contributed by atoms with Gasteiger partial charge in [-0.15, -0.1) is 0 Å². The average Bonchev–Trinajstić information content (AvgIpc) is 2.62. The van der Waals surface area contributed by atoms with Crippen LogP contribution >= 0.6 is 11.6 Å². The third-order valence-corrected chi connectivity index (χ3v) is 4.10. The van der Waals surface area contributed by atoms with Gasteiger partial charge in [0.2, 0.25) is 0 Å². The first-order valence-electron chi connectivity index (χ1n) is 7.60. The second-order valence-corrected chi connectivity index (χ2v) is 5.92. The summed E-state index contributed by atoms with van der Waals surface area (Å²) < 4.78 is 18.8. The highest BCUT2D eigenvalue weighted by Crippen LogP contribution is 2.29. The molecule has 26 heavy (non-hydrogen) atoms. The van der Waals surface area contributed by atoms with Crippen molar-refractivity contribution in [3.8, 4) is 16.9 Å². The topological polar surface area (TPSA) is 85.4 Å². The van der Waals surface area contributed by atoms with Gasteiger partial charge in [-0.1, -0.05) is 29.8 Å². The lowest BCUT2D eigenvalue weighted by Crippen LogP contribution is -2.00. The van der Waals surface area contributed by atoms with Crippen LogP contribution in [0.5, 0.6) is 5.75 Å². The Morgan fingerprint density at radius 1 is 1.19 bits per heavy atom. The number of halogens is 2. The molecule has 1 aromatic heterocycles. The zero-order chi connectivity index (χ0) is 18.7. The first-order valence-corrected chi connectivity index (χ1v) is 7.98. The number of rotatable bonds is 5. The second kappa shape index (κ2) is 7.41. The maximum Gasteiger partial charge on any atom is 0.335 e. The van der Waals surface area contributed by atoms with Crippen molar-refractivity contribution in [1.29, 1.82) is 0 Å². The van der Waals surface area contributed by atoms with Gasteiger partial charge in [0.1, 0.15) is 24.0 Å². The molecule has 0 atom stereocenters. The first kappa shape index (κ1) is 17.7. The zero-order valence-electron chi connectivity index (χ0n) is 13.4. The van der Waals surface area contributed by atoms with Crippen molar-refractivity contribution < 1.29 is 19.0 Å². The predicted octanol–water partition coefficient (Wildman–Crippen LogP) is 4.40. The van der Waals surface area contributed by atoms with Crippen molar-refractivity contribution in [2.75, 3.05) is 5.73 Å². The standard InChI is InChI=1S/C19H14ClFN2O3/c20-17-7-14(21)6-5-13(17)10-26-15-8-16(18(22)23-9-15)11-1-3-12(4-2-11)19(24)25/h1-9H,10H2,(H2,22,23)(H,24,25). The van der Waals surface area contributed by atoms with E-state index in [2.05, 4.69) is 4.98 Å². The molecule has 0 saturated carbocycles. The lowest BCUT2D eigenvalue weighted by molar-refractivity contribution is 0.0697. The molecule has 0 aliphatic heterocycles. The van der Waals surface area contributed by atoms with Gasteiger partial charge in [-0.3, -0.25) is 0 Å². The van der Waals surface area contributed by atoms with Gasteiger partial charge in [0, 0.05) is 11.1 Å². The number of ether oxygens (including phenoxy) is 1. The van der Waals surface area contributed by atoms with Gasteiger partial charge in [0.05, 0.1) is 16.8 Å². The number of aromatic nitrogens is 1. The Kier molecular flexibility index (Phi) is 5.04. The quantitative estimate of drug-likeness (QED) is 0.693. The van der Waals surface area contributed by atoms with Crippen LogP contribution in [0.3, 0.4) is 0 Å². The summed E-state index contributed by atoms with van der Waals surface area (Å²) in [4.78, 5) is 15.1. The number of carbonyl (C=O) groups is 1. The number of aromatic carboxylic acids is 1. The molecule has 0 unspecified atom stereocenters. The summed E-state index contributed by atoms with van der Waals surface area (Å²) in [5.74, 6) is -0.673. The smallest absolute Gasteiger partial charge is 0.335 e. The minimum absolute atomic E-state index is 0.141. The van der Waals surface area contributed by atoms with Crippen LogP contribution in [-0.4, -0.2) is 16.1 Å². The summed E-state index contributed by atoms with van der Waals surface area (Å²) in [5, 5.41) is 9.25. The van der Waals surface area contributed by atoms with Crippen LogP contribution in [0.4, 0.5) is 10.2 Å². The van der Waals surface area contributed by atoms with Crippen LogP contribution in [-0.2, 0) is 6.61 Å². The Labute approximate surface area is 153 Å². The molecule has 132 valence electrons. The highest BCUT2D eigenvalue weighted by molar-refractivity contribution is 6.31. The van der Waals surface area contributed by atoms with Crippen LogP contribution in [0, 0.1) is 5.82 Å². The molecule has 0 amide bonds. The molecule has 3 rings (SSSR count). The van der Waals surface area contributed by atoms with Gasteiger partial charge in [-0.2, -0.15) is 0 Å². The highest BCUT2D eigenvalue weighted by atomic mass is 35.5. The number of hydrogen-bond acceptors (Lipinski definition) is 4. The fraction of sp³-hybridized carbons (Fsp3) is 0.0526. The summed E-state index contributed by atoms with van der Waals surface area (Å²) in [6.07, 6.45) is 1.47. The van der Waals surface area contributed by atoms with Crippen LogP contribution in [0.25, 0.3) is 11.1 Å². The van der Waals surface area contributed by atoms with Crippen LogP contribution in [0.15, 0.2) is 54.7 Å². The second-order valence-electron chi connectivity index (χ2n) is 5.51. The van der Waals surface area contributed by atoms with Crippen molar-refractivity contribution in [2.45, 2.75) is 6.61 Å². The molecule has 5 nitrogen and oxygen atoms in total. The van der Waals surface area contributed by atoms with Gasteiger partial charge in [0.25, 0.3) is 0 Å². The number of nitrogens with two attached hydrogens (primary N) is 1. The number of pyridine rings is 1. The molecule has 0 bridgehead atoms. The van der Waals surface area contributed by atoms with Crippen molar-refractivity contribution in [2.24, 2.45) is 0 Å². The van der Waals surface area contributed by atoms with E-state index in [-0.39, 0.29) is 17.2 Å². The normalized spacial score (nSPS) is 10.5. The molecule has 2 aromatic carbocycles. The number of nitrogens with zero attached hydrogens (tertiary/aromatic N) is 1. The van der Waals surface area contributed by atoms with E-state index in [0.717, 1.165) is 0 Å². The molecule has 7 heteroatoms. The minimum Gasteiger partial charge on any atom is -0.487 e. The van der Waals surface area contributed by atoms with Gasteiger partial charge < -0.3 is 15.6 Å². The monoisotopic (exact) mass is 372 g/mol. The molecule has 0 fully saturated rings. The summed E-state index contributed by atoms with van der Waals surface area (Å²) in [6, 6.07) is 12.1. The van der Waals surface area contributed by atoms with E-state index in [4.69, 9.17) is 27.2 Å². The summed E-state index contributed by atoms with van der Waals surface area (Å²) in [6.45, 7) is 0.141.